The van der Waals surface area contributed by atoms with Gasteiger partial charge in [0.1, 0.15) is 22.5 Å². The predicted octanol–water partition coefficient (Wildman–Crippen LogP) is 13.4. The van der Waals surface area contributed by atoms with Gasteiger partial charge < -0.3 is 4.90 Å². The summed E-state index contributed by atoms with van der Waals surface area (Å²) < 4.78 is 5.65. The zero-order valence-corrected chi connectivity index (χ0v) is 38.7. The Balaban J connectivity index is 1.30. The molecule has 2 aromatic heterocycles. The second-order valence-electron chi connectivity index (χ2n) is 23.2. The zero-order valence-electron chi connectivity index (χ0n) is 38.7. The number of fused-ring (bicyclic) bond motifs is 10. The van der Waals surface area contributed by atoms with Crippen LogP contribution in [0.25, 0.3) is 11.4 Å². The lowest BCUT2D eigenvalue weighted by molar-refractivity contribution is -0.929. The first-order valence-corrected chi connectivity index (χ1v) is 23.1. The first kappa shape index (κ1) is 36.3. The highest BCUT2D eigenvalue weighted by atomic mass is 15.5. The number of pyridine rings is 2. The molecule has 0 N–H and O–H groups in total. The summed E-state index contributed by atoms with van der Waals surface area (Å²) in [5.41, 5.74) is 23.6. The monoisotopic (exact) mass is 821 g/mol. The maximum absolute atomic E-state index is 2.82. The van der Waals surface area contributed by atoms with Crippen LogP contribution in [0.5, 0.6) is 0 Å². The van der Waals surface area contributed by atoms with Crippen molar-refractivity contribution in [3.8, 4) is 11.4 Å². The number of hydrogen-bond donors (Lipinski definition) is 0. The van der Waals surface area contributed by atoms with E-state index in [4.69, 9.17) is 0 Å². The van der Waals surface area contributed by atoms with Crippen molar-refractivity contribution >= 4 is 51.4 Å². The number of para-hydroxylation sites is 3. The maximum Gasteiger partial charge on any atom is 0.319 e. The molecule has 1 unspecified atom stereocenters. The van der Waals surface area contributed by atoms with E-state index in [1.807, 2.05) is 0 Å². The summed E-state index contributed by atoms with van der Waals surface area (Å²) in [6, 6.07) is 45.6. The van der Waals surface area contributed by atoms with Crippen molar-refractivity contribution in [2.45, 2.75) is 116 Å². The Labute approximate surface area is 371 Å². The Kier molecular flexibility index (Phi) is 6.01. The van der Waals surface area contributed by atoms with Gasteiger partial charge in [0, 0.05) is 50.6 Å². The largest absolute Gasteiger partial charge is 0.319 e. The summed E-state index contributed by atoms with van der Waals surface area (Å²) in [5, 5.41) is 0. The Morgan fingerprint density at radius 2 is 0.778 bits per heavy atom. The molecule has 0 bridgehead atoms. The molecule has 1 atom stereocenters. The van der Waals surface area contributed by atoms with E-state index in [1.165, 1.54) is 118 Å². The number of nitrogens with zero attached hydrogens (tertiary/aromatic N) is 5. The summed E-state index contributed by atoms with van der Waals surface area (Å²) in [5.74, 6) is 2.47. The van der Waals surface area contributed by atoms with Gasteiger partial charge >= 0.3 is 5.66 Å². The van der Waals surface area contributed by atoms with Crippen LogP contribution in [0.1, 0.15) is 139 Å². The van der Waals surface area contributed by atoms with Gasteiger partial charge in [-0.3, -0.25) is 0 Å². The van der Waals surface area contributed by atoms with Gasteiger partial charge in [0.15, 0.2) is 22.8 Å². The lowest BCUT2D eigenvalue weighted by Crippen LogP contribution is -2.77. The normalized spacial score (nSPS) is 20.4. The van der Waals surface area contributed by atoms with Crippen LogP contribution in [0.4, 0.5) is 51.4 Å². The van der Waals surface area contributed by atoms with Crippen molar-refractivity contribution in [1.82, 2.24) is 0 Å². The molecule has 0 saturated heterocycles. The van der Waals surface area contributed by atoms with Crippen molar-refractivity contribution < 1.29 is 9.13 Å². The average molecular weight is 822 g/mol. The van der Waals surface area contributed by atoms with Crippen molar-refractivity contribution in [1.29, 1.82) is 0 Å². The molecule has 0 aliphatic carbocycles. The molecule has 5 aromatic carbocycles. The Morgan fingerprint density at radius 1 is 0.381 bits per heavy atom. The molecule has 0 radical (unpaired) electrons. The predicted molar refractivity (Wildman–Crippen MR) is 255 cm³/mol. The highest BCUT2D eigenvalue weighted by molar-refractivity contribution is 6.04. The van der Waals surface area contributed by atoms with Crippen LogP contribution in [-0.2, 0) is 32.7 Å². The average Bonchev–Trinajstić information content (AvgIpc) is 3.53. The van der Waals surface area contributed by atoms with E-state index in [-0.39, 0.29) is 27.1 Å². The van der Waals surface area contributed by atoms with Crippen molar-refractivity contribution in [2.75, 3.05) is 14.7 Å². The Morgan fingerprint density at radius 3 is 1.24 bits per heavy atom. The number of hydrogen-bond acceptors (Lipinski definition) is 3. The molecule has 7 aromatic rings. The molecule has 0 fully saturated rings. The van der Waals surface area contributed by atoms with E-state index in [2.05, 4.69) is 222 Å². The van der Waals surface area contributed by atoms with Crippen LogP contribution in [0.15, 0.2) is 115 Å². The second kappa shape index (κ2) is 10.4. The first-order chi connectivity index (χ1) is 29.8. The number of anilines is 9. The van der Waals surface area contributed by atoms with Gasteiger partial charge in [0.25, 0.3) is 11.6 Å². The van der Waals surface area contributed by atoms with E-state index < -0.39 is 5.66 Å². The molecule has 5 nitrogen and oxygen atoms in total. The molecule has 5 heteroatoms. The minimum Gasteiger partial charge on any atom is -0.308 e. The quantitative estimate of drug-likeness (QED) is 0.142. The van der Waals surface area contributed by atoms with E-state index in [1.54, 1.807) is 0 Å². The number of benzene rings is 5. The third-order valence-electron chi connectivity index (χ3n) is 16.7. The van der Waals surface area contributed by atoms with E-state index >= 15 is 0 Å². The van der Waals surface area contributed by atoms with Crippen molar-refractivity contribution in [3.05, 3.63) is 171 Å². The topological polar surface area (TPSA) is 17.5 Å². The van der Waals surface area contributed by atoms with Crippen molar-refractivity contribution in [2.24, 2.45) is 0 Å². The van der Waals surface area contributed by atoms with Gasteiger partial charge in [-0.25, -0.2) is 0 Å². The fraction of sp³-hybridized carbons (Fsp3) is 0.310. The SMILES string of the molecule is CC(C)(C)c1cc2[n+]3c(c1)N1c4ccccc4C(C)(C)c4ccc5c(c41)C31c3c4c(cc6c3N(c3ccccc3C6(C)C)c3cc(C(C)(C)C)cc-2[n+]31)C(C)(C)c1ccccc1N54. The number of rotatable bonds is 0. The lowest BCUT2D eigenvalue weighted by Gasteiger charge is -2.54. The van der Waals surface area contributed by atoms with Crippen LogP contribution in [0.2, 0.25) is 0 Å². The van der Waals surface area contributed by atoms with Crippen LogP contribution in [0, 0.1) is 0 Å². The maximum atomic E-state index is 2.82. The second-order valence-corrected chi connectivity index (χ2v) is 23.2. The molecule has 310 valence electrons. The summed E-state index contributed by atoms with van der Waals surface area (Å²) in [6.45, 7) is 29.1. The minimum atomic E-state index is -0.741. The van der Waals surface area contributed by atoms with Crippen molar-refractivity contribution in [3.63, 3.8) is 0 Å². The zero-order chi connectivity index (χ0) is 43.4. The highest BCUT2D eigenvalue weighted by Crippen LogP contribution is 2.71. The fourth-order valence-electron chi connectivity index (χ4n) is 13.5. The lowest BCUT2D eigenvalue weighted by atomic mass is 9.62. The summed E-state index contributed by atoms with van der Waals surface area (Å²) in [7, 11) is 0. The molecule has 63 heavy (non-hydrogen) atoms. The van der Waals surface area contributed by atoms with E-state index in [0.717, 1.165) is 0 Å². The fourth-order valence-corrected chi connectivity index (χ4v) is 13.5. The third-order valence-corrected chi connectivity index (χ3v) is 16.7. The summed E-state index contributed by atoms with van der Waals surface area (Å²) in [6.07, 6.45) is 0. The molecule has 7 aliphatic rings. The van der Waals surface area contributed by atoms with Crippen LogP contribution < -0.4 is 23.8 Å². The van der Waals surface area contributed by atoms with Crippen LogP contribution in [-0.4, -0.2) is 0 Å². The Bertz CT molecular complexity index is 3300. The first-order valence-electron chi connectivity index (χ1n) is 23.1. The van der Waals surface area contributed by atoms with E-state index in [9.17, 15) is 0 Å². The molecule has 9 heterocycles. The summed E-state index contributed by atoms with van der Waals surface area (Å²) in [4.78, 5) is 8.08. The molecule has 0 amide bonds. The molecule has 1 spiro atoms. The van der Waals surface area contributed by atoms with Crippen LogP contribution >= 0.6 is 0 Å². The molecule has 0 saturated carbocycles. The van der Waals surface area contributed by atoms with Gasteiger partial charge in [-0.2, -0.15) is 18.9 Å². The summed E-state index contributed by atoms with van der Waals surface area (Å²) >= 11 is 0. The minimum absolute atomic E-state index is 0.101. The molecular weight excluding hydrogens is 767 g/mol. The standard InChI is InChI=1S/C58H55N5/c1-53(2,3)32-27-44-45-28-33(54(4,5)6)30-47-61-42-24-18-15-21-36(42)57(11,12)39-31-38-51-49(52(39)61)58(63(45)47)48-43(59(51)40-22-16-13-19-34(40)56(38,9)10)26-25-37-50(48)60(46(29-32)62(44)58)41-23-17-14-20-35(41)55(37,7)8/h13-31H,1-12H3/q+2. The van der Waals surface area contributed by atoms with Crippen LogP contribution in [0.3, 0.4) is 0 Å². The molecule has 14 rings (SSSR count). The Hall–Kier alpha value is -6.20. The van der Waals surface area contributed by atoms with Gasteiger partial charge in [0.05, 0.1) is 17.1 Å². The van der Waals surface area contributed by atoms with Gasteiger partial charge in [-0.15, -0.1) is 0 Å². The third kappa shape index (κ3) is 3.74. The molecular formula is C58H55N5+2. The van der Waals surface area contributed by atoms with Gasteiger partial charge in [-0.1, -0.05) is 144 Å². The molecule has 7 aliphatic heterocycles. The van der Waals surface area contributed by atoms with Gasteiger partial charge in [-0.05, 0) is 75.5 Å². The van der Waals surface area contributed by atoms with Gasteiger partial charge in [0.2, 0.25) is 0 Å². The van der Waals surface area contributed by atoms with E-state index in [0.29, 0.717) is 0 Å². The number of aromatic nitrogens is 2. The highest BCUT2D eigenvalue weighted by Gasteiger charge is 2.74. The smallest absolute Gasteiger partial charge is 0.308 e.